The SMILES string of the molecule is CN=C(NCCc1cccs1)NCC1CCS(=O)(=O)C1.I. The Morgan fingerprint density at radius 3 is 2.86 bits per heavy atom. The molecule has 1 atom stereocenters. The largest absolute Gasteiger partial charge is 0.356 e. The highest BCUT2D eigenvalue weighted by Gasteiger charge is 2.27. The number of hydrogen-bond acceptors (Lipinski definition) is 4. The lowest BCUT2D eigenvalue weighted by molar-refractivity contribution is 0.567. The Balaban J connectivity index is 0.00000220. The monoisotopic (exact) mass is 443 g/mol. The second kappa shape index (κ2) is 8.94. The van der Waals surface area contributed by atoms with Crippen molar-refractivity contribution in [3.63, 3.8) is 0 Å². The minimum absolute atomic E-state index is 0. The van der Waals surface area contributed by atoms with Crippen LogP contribution in [0.2, 0.25) is 0 Å². The molecule has 2 N–H and O–H groups in total. The first kappa shape index (κ1) is 18.7. The van der Waals surface area contributed by atoms with E-state index in [0.29, 0.717) is 18.1 Å². The molecule has 1 aliphatic heterocycles. The van der Waals surface area contributed by atoms with Gasteiger partial charge in [0.2, 0.25) is 0 Å². The number of hydrogen-bond donors (Lipinski definition) is 2. The Labute approximate surface area is 147 Å². The van der Waals surface area contributed by atoms with Crippen LogP contribution in [-0.4, -0.2) is 46.0 Å². The summed E-state index contributed by atoms with van der Waals surface area (Å²) in [6, 6.07) is 4.17. The number of sulfone groups is 1. The zero-order valence-corrected chi connectivity index (χ0v) is 16.0. The van der Waals surface area contributed by atoms with Gasteiger partial charge in [0.1, 0.15) is 0 Å². The molecule has 1 unspecified atom stereocenters. The van der Waals surface area contributed by atoms with Crippen LogP contribution in [0.1, 0.15) is 11.3 Å². The molecule has 8 heteroatoms. The molecule has 0 spiro atoms. The van der Waals surface area contributed by atoms with E-state index in [1.807, 2.05) is 6.07 Å². The summed E-state index contributed by atoms with van der Waals surface area (Å²) in [5.74, 6) is 1.57. The second-order valence-electron chi connectivity index (χ2n) is 4.98. The van der Waals surface area contributed by atoms with Crippen LogP contribution in [-0.2, 0) is 16.3 Å². The number of rotatable bonds is 5. The fraction of sp³-hybridized carbons (Fsp3) is 0.615. The van der Waals surface area contributed by atoms with Crippen LogP contribution in [0.4, 0.5) is 0 Å². The Kier molecular flexibility index (Phi) is 7.96. The van der Waals surface area contributed by atoms with Crippen LogP contribution < -0.4 is 10.6 Å². The maximum absolute atomic E-state index is 11.4. The average Bonchev–Trinajstić information content (AvgIpc) is 3.03. The lowest BCUT2D eigenvalue weighted by Gasteiger charge is -2.14. The van der Waals surface area contributed by atoms with Crippen LogP contribution in [0.5, 0.6) is 0 Å². The van der Waals surface area contributed by atoms with E-state index in [2.05, 4.69) is 27.1 Å². The molecule has 1 aromatic heterocycles. The fourth-order valence-corrected chi connectivity index (χ4v) is 4.82. The van der Waals surface area contributed by atoms with Gasteiger partial charge in [-0.05, 0) is 30.2 Å². The van der Waals surface area contributed by atoms with Gasteiger partial charge in [0.05, 0.1) is 11.5 Å². The molecule has 1 saturated heterocycles. The maximum Gasteiger partial charge on any atom is 0.190 e. The smallest absolute Gasteiger partial charge is 0.190 e. The van der Waals surface area contributed by atoms with Crippen molar-refractivity contribution in [2.45, 2.75) is 12.8 Å². The lowest BCUT2D eigenvalue weighted by atomic mass is 10.1. The van der Waals surface area contributed by atoms with Crippen molar-refractivity contribution in [3.8, 4) is 0 Å². The van der Waals surface area contributed by atoms with Gasteiger partial charge in [-0.1, -0.05) is 6.07 Å². The van der Waals surface area contributed by atoms with Gasteiger partial charge in [0.15, 0.2) is 15.8 Å². The van der Waals surface area contributed by atoms with Crippen molar-refractivity contribution in [2.24, 2.45) is 10.9 Å². The van der Waals surface area contributed by atoms with E-state index in [1.165, 1.54) is 4.88 Å². The Morgan fingerprint density at radius 2 is 2.29 bits per heavy atom. The predicted molar refractivity (Wildman–Crippen MR) is 99.6 cm³/mol. The van der Waals surface area contributed by atoms with Crippen LogP contribution in [0.3, 0.4) is 0 Å². The zero-order chi connectivity index (χ0) is 14.4. The molecule has 1 aliphatic rings. The predicted octanol–water partition coefficient (Wildman–Crippen LogP) is 1.51. The van der Waals surface area contributed by atoms with E-state index >= 15 is 0 Å². The van der Waals surface area contributed by atoms with Gasteiger partial charge in [-0.3, -0.25) is 4.99 Å². The van der Waals surface area contributed by atoms with Crippen molar-refractivity contribution in [3.05, 3.63) is 22.4 Å². The summed E-state index contributed by atoms with van der Waals surface area (Å²) in [6.07, 6.45) is 1.72. The first-order valence-electron chi connectivity index (χ1n) is 6.76. The van der Waals surface area contributed by atoms with E-state index < -0.39 is 9.84 Å². The quantitative estimate of drug-likeness (QED) is 0.411. The van der Waals surface area contributed by atoms with Gasteiger partial charge in [-0.2, -0.15) is 0 Å². The molecule has 0 aliphatic carbocycles. The normalized spacial score (nSPS) is 20.8. The number of halogens is 1. The van der Waals surface area contributed by atoms with E-state index in [-0.39, 0.29) is 29.9 Å². The molecule has 2 rings (SSSR count). The fourth-order valence-electron chi connectivity index (χ4n) is 2.25. The van der Waals surface area contributed by atoms with Crippen molar-refractivity contribution in [1.82, 2.24) is 10.6 Å². The highest BCUT2D eigenvalue weighted by molar-refractivity contribution is 14.0. The average molecular weight is 443 g/mol. The molecular formula is C13H22IN3O2S2. The first-order valence-corrected chi connectivity index (χ1v) is 9.46. The number of nitrogens with one attached hydrogen (secondary N) is 2. The summed E-state index contributed by atoms with van der Waals surface area (Å²) >= 11 is 1.75. The van der Waals surface area contributed by atoms with Gasteiger partial charge in [-0.25, -0.2) is 8.42 Å². The first-order chi connectivity index (χ1) is 9.59. The minimum atomic E-state index is -2.80. The molecule has 2 heterocycles. The van der Waals surface area contributed by atoms with Gasteiger partial charge >= 0.3 is 0 Å². The lowest BCUT2D eigenvalue weighted by Crippen LogP contribution is -2.40. The molecule has 0 amide bonds. The number of nitrogens with zero attached hydrogens (tertiary/aromatic N) is 1. The number of guanidine groups is 1. The third kappa shape index (κ3) is 6.52. The van der Waals surface area contributed by atoms with Gasteiger partial charge in [-0.15, -0.1) is 35.3 Å². The zero-order valence-electron chi connectivity index (χ0n) is 12.0. The van der Waals surface area contributed by atoms with Crippen molar-refractivity contribution >= 4 is 51.1 Å². The molecule has 21 heavy (non-hydrogen) atoms. The van der Waals surface area contributed by atoms with Crippen LogP contribution in [0.15, 0.2) is 22.5 Å². The topological polar surface area (TPSA) is 70.6 Å². The molecule has 1 aromatic rings. The molecule has 5 nitrogen and oxygen atoms in total. The molecule has 1 fully saturated rings. The van der Waals surface area contributed by atoms with Gasteiger partial charge in [0.25, 0.3) is 0 Å². The summed E-state index contributed by atoms with van der Waals surface area (Å²) in [7, 11) is -1.07. The Morgan fingerprint density at radius 1 is 1.48 bits per heavy atom. The molecule has 120 valence electrons. The molecule has 0 aromatic carbocycles. The highest BCUT2D eigenvalue weighted by atomic mass is 127. The van der Waals surface area contributed by atoms with Crippen molar-refractivity contribution in [1.29, 1.82) is 0 Å². The Hall–Kier alpha value is -0.350. The van der Waals surface area contributed by atoms with E-state index in [4.69, 9.17) is 0 Å². The van der Waals surface area contributed by atoms with Crippen LogP contribution in [0.25, 0.3) is 0 Å². The Bertz CT molecular complexity index is 544. The second-order valence-corrected chi connectivity index (χ2v) is 8.24. The molecule has 0 saturated carbocycles. The van der Waals surface area contributed by atoms with E-state index in [0.717, 1.165) is 25.3 Å². The van der Waals surface area contributed by atoms with E-state index in [1.54, 1.807) is 18.4 Å². The summed E-state index contributed by atoms with van der Waals surface area (Å²) in [5, 5.41) is 8.53. The standard InChI is InChI=1S/C13H21N3O2S2.HI/c1-14-13(15-6-4-12-3-2-7-19-12)16-9-11-5-8-20(17,18)10-11;/h2-3,7,11H,4-6,8-10H2,1H3,(H2,14,15,16);1H. The molecule has 0 bridgehead atoms. The maximum atomic E-state index is 11.4. The summed E-state index contributed by atoms with van der Waals surface area (Å²) in [5.41, 5.74) is 0. The van der Waals surface area contributed by atoms with Crippen molar-refractivity contribution < 1.29 is 8.42 Å². The summed E-state index contributed by atoms with van der Waals surface area (Å²) in [4.78, 5) is 5.50. The van der Waals surface area contributed by atoms with Crippen molar-refractivity contribution in [2.75, 3.05) is 31.6 Å². The molecular weight excluding hydrogens is 421 g/mol. The number of aliphatic imine (C=N–C) groups is 1. The van der Waals surface area contributed by atoms with E-state index in [9.17, 15) is 8.42 Å². The molecule has 0 radical (unpaired) electrons. The van der Waals surface area contributed by atoms with Crippen LogP contribution >= 0.6 is 35.3 Å². The van der Waals surface area contributed by atoms with Gasteiger partial charge in [0, 0.05) is 25.0 Å². The third-order valence-corrected chi connectivity index (χ3v) is 6.13. The third-order valence-electron chi connectivity index (χ3n) is 3.35. The summed E-state index contributed by atoms with van der Waals surface area (Å²) < 4.78 is 22.8. The highest BCUT2D eigenvalue weighted by Crippen LogP contribution is 2.17. The summed E-state index contributed by atoms with van der Waals surface area (Å²) in [6.45, 7) is 1.49. The number of thiophene rings is 1. The minimum Gasteiger partial charge on any atom is -0.356 e. The van der Waals surface area contributed by atoms with Crippen LogP contribution in [0, 0.1) is 5.92 Å². The van der Waals surface area contributed by atoms with Gasteiger partial charge < -0.3 is 10.6 Å².